The largest absolute Gasteiger partial charge is 0.330 e. The molecule has 0 rings (SSSR count). The van der Waals surface area contributed by atoms with Crippen LogP contribution in [0.4, 0.5) is 0 Å². The number of rotatable bonds is 9. The van der Waals surface area contributed by atoms with Crippen LogP contribution in [0.1, 0.15) is 20.3 Å². The molecule has 0 aliphatic heterocycles. The molecule has 0 aliphatic carbocycles. The standard InChI is InChI=1S/C11H26Cl2N2O3P/c1-11(2,14(12)13)7-10-19(16,17-6)18-9-8-15(3,4)5/h7-10H2,1-6H3/q+1. The zero-order chi connectivity index (χ0) is 15.3. The monoisotopic (exact) mass is 335 g/mol. The van der Waals surface area contributed by atoms with Gasteiger partial charge in [0.15, 0.2) is 0 Å². The van der Waals surface area contributed by atoms with Crippen LogP contribution < -0.4 is 0 Å². The maximum Gasteiger partial charge on any atom is 0.330 e. The first-order chi connectivity index (χ1) is 8.42. The highest BCUT2D eigenvalue weighted by molar-refractivity contribution is 7.53. The van der Waals surface area contributed by atoms with E-state index in [0.29, 0.717) is 13.0 Å². The van der Waals surface area contributed by atoms with Crippen molar-refractivity contribution < 1.29 is 18.1 Å². The Balaban J connectivity index is 4.35. The Hall–Kier alpha value is 0.650. The Labute approximate surface area is 127 Å². The molecule has 0 aromatic rings. The Morgan fingerprint density at radius 3 is 2.16 bits per heavy atom. The molecule has 0 radical (unpaired) electrons. The van der Waals surface area contributed by atoms with E-state index < -0.39 is 13.1 Å². The molecule has 5 nitrogen and oxygen atoms in total. The van der Waals surface area contributed by atoms with Crippen LogP contribution in [0.2, 0.25) is 0 Å². The summed E-state index contributed by atoms with van der Waals surface area (Å²) in [5, 5.41) is 0. The van der Waals surface area contributed by atoms with E-state index in [1.54, 1.807) is 0 Å². The van der Waals surface area contributed by atoms with E-state index >= 15 is 0 Å². The van der Waals surface area contributed by atoms with E-state index in [1.807, 2.05) is 35.0 Å². The van der Waals surface area contributed by atoms with E-state index in [1.165, 1.54) is 7.11 Å². The van der Waals surface area contributed by atoms with Crippen LogP contribution in [0.5, 0.6) is 0 Å². The second kappa shape index (κ2) is 7.60. The van der Waals surface area contributed by atoms with Crippen molar-refractivity contribution in [1.82, 2.24) is 3.94 Å². The van der Waals surface area contributed by atoms with Gasteiger partial charge in [0, 0.05) is 12.6 Å². The molecule has 0 saturated heterocycles. The summed E-state index contributed by atoms with van der Waals surface area (Å²) in [6.07, 6.45) is 0.791. The average molecular weight is 336 g/mol. The molecular formula is C11H26Cl2N2O3P+. The molecule has 0 N–H and O–H groups in total. The predicted molar refractivity (Wildman–Crippen MR) is 80.6 cm³/mol. The molecular weight excluding hydrogens is 310 g/mol. The number of hydrogen-bond donors (Lipinski definition) is 0. The molecule has 1 unspecified atom stereocenters. The highest BCUT2D eigenvalue weighted by Crippen LogP contribution is 2.49. The van der Waals surface area contributed by atoms with Crippen molar-refractivity contribution in [1.29, 1.82) is 0 Å². The molecule has 8 heteroatoms. The van der Waals surface area contributed by atoms with Crippen molar-refractivity contribution in [3.63, 3.8) is 0 Å². The Morgan fingerprint density at radius 2 is 1.79 bits per heavy atom. The molecule has 19 heavy (non-hydrogen) atoms. The van der Waals surface area contributed by atoms with Gasteiger partial charge in [0.1, 0.15) is 13.2 Å². The maximum atomic E-state index is 12.4. The molecule has 0 saturated carbocycles. The molecule has 0 amide bonds. The fraction of sp³-hybridized carbons (Fsp3) is 1.00. The minimum absolute atomic E-state index is 0.281. The topological polar surface area (TPSA) is 38.8 Å². The van der Waals surface area contributed by atoms with Crippen LogP contribution in [0, 0.1) is 0 Å². The molecule has 116 valence electrons. The summed E-state index contributed by atoms with van der Waals surface area (Å²) in [6.45, 7) is 4.87. The van der Waals surface area contributed by atoms with Gasteiger partial charge in [-0.05, 0) is 43.8 Å². The quantitative estimate of drug-likeness (QED) is 0.368. The van der Waals surface area contributed by atoms with Crippen LogP contribution >= 0.6 is 31.1 Å². The molecule has 0 bridgehead atoms. The van der Waals surface area contributed by atoms with Crippen LogP contribution in [0.3, 0.4) is 0 Å². The lowest BCUT2D eigenvalue weighted by Crippen LogP contribution is -2.37. The molecule has 0 aliphatic rings. The number of hydrogen-bond acceptors (Lipinski definition) is 4. The summed E-state index contributed by atoms with van der Waals surface area (Å²) in [5.74, 6) is 0. The van der Waals surface area contributed by atoms with Crippen LogP contribution in [0.15, 0.2) is 0 Å². The van der Waals surface area contributed by atoms with E-state index in [9.17, 15) is 4.57 Å². The first-order valence-corrected chi connectivity index (χ1v) is 8.54. The Kier molecular flexibility index (Phi) is 7.86. The zero-order valence-corrected chi connectivity index (χ0v) is 15.1. The second-order valence-electron chi connectivity index (χ2n) is 6.16. The van der Waals surface area contributed by atoms with Crippen molar-refractivity contribution in [2.75, 3.05) is 47.6 Å². The van der Waals surface area contributed by atoms with Crippen molar-refractivity contribution >= 4 is 31.1 Å². The summed E-state index contributed by atoms with van der Waals surface area (Å²) in [6, 6.07) is 0. The van der Waals surface area contributed by atoms with Gasteiger partial charge in [-0.3, -0.25) is 4.57 Å². The summed E-state index contributed by atoms with van der Waals surface area (Å²) >= 11 is 11.5. The number of nitrogens with zero attached hydrogens (tertiary/aromatic N) is 2. The number of quaternary nitrogens is 1. The number of likely N-dealkylation sites (N-methyl/N-ethyl adjacent to an activating group) is 1. The maximum absolute atomic E-state index is 12.4. The minimum Gasteiger partial charge on any atom is -0.329 e. The van der Waals surface area contributed by atoms with Crippen LogP contribution in [0.25, 0.3) is 0 Å². The molecule has 0 fully saturated rings. The van der Waals surface area contributed by atoms with Crippen molar-refractivity contribution in [2.45, 2.75) is 25.8 Å². The summed E-state index contributed by atoms with van der Waals surface area (Å²) in [4.78, 5) is 0. The number of halogens is 2. The lowest BCUT2D eigenvalue weighted by atomic mass is 10.0. The molecule has 0 aromatic carbocycles. The predicted octanol–water partition coefficient (Wildman–Crippen LogP) is 3.33. The van der Waals surface area contributed by atoms with Crippen molar-refractivity contribution in [3.8, 4) is 0 Å². The van der Waals surface area contributed by atoms with E-state index in [0.717, 1.165) is 15.0 Å². The van der Waals surface area contributed by atoms with Gasteiger partial charge in [0.2, 0.25) is 0 Å². The SMILES string of the molecule is COP(=O)(CCC(C)(C)N(Cl)Cl)OCC[N+](C)(C)C. The molecule has 0 heterocycles. The highest BCUT2D eigenvalue weighted by atomic mass is 35.5. The van der Waals surface area contributed by atoms with Gasteiger partial charge in [0.05, 0.1) is 27.3 Å². The van der Waals surface area contributed by atoms with Gasteiger partial charge in [-0.1, -0.05) is 0 Å². The van der Waals surface area contributed by atoms with Crippen molar-refractivity contribution in [2.24, 2.45) is 0 Å². The molecule has 1 atom stereocenters. The van der Waals surface area contributed by atoms with Crippen molar-refractivity contribution in [3.05, 3.63) is 0 Å². The van der Waals surface area contributed by atoms with Gasteiger partial charge < -0.3 is 13.5 Å². The first-order valence-electron chi connectivity index (χ1n) is 6.13. The van der Waals surface area contributed by atoms with E-state index in [-0.39, 0.29) is 6.16 Å². The minimum atomic E-state index is -3.08. The first kappa shape index (κ1) is 19.7. The van der Waals surface area contributed by atoms with Gasteiger partial charge in [-0.25, -0.2) is 0 Å². The lowest BCUT2D eigenvalue weighted by Gasteiger charge is -2.29. The lowest BCUT2D eigenvalue weighted by molar-refractivity contribution is -0.870. The third kappa shape index (κ3) is 8.51. The Morgan fingerprint density at radius 1 is 1.26 bits per heavy atom. The fourth-order valence-electron chi connectivity index (χ4n) is 1.16. The van der Waals surface area contributed by atoms with Crippen LogP contribution in [-0.2, 0) is 13.6 Å². The van der Waals surface area contributed by atoms with Gasteiger partial charge in [0.25, 0.3) is 0 Å². The average Bonchev–Trinajstić information content (AvgIpc) is 2.24. The fourth-order valence-corrected chi connectivity index (χ4v) is 2.92. The van der Waals surface area contributed by atoms with Gasteiger partial charge in [-0.15, -0.1) is 3.94 Å². The van der Waals surface area contributed by atoms with E-state index in [2.05, 4.69) is 0 Å². The third-order valence-electron chi connectivity index (χ3n) is 2.78. The van der Waals surface area contributed by atoms with Gasteiger partial charge >= 0.3 is 7.60 Å². The Bertz CT molecular complexity index is 320. The zero-order valence-electron chi connectivity index (χ0n) is 12.7. The second-order valence-corrected chi connectivity index (χ2v) is 9.30. The normalized spacial score (nSPS) is 16.7. The molecule has 0 aromatic heterocycles. The third-order valence-corrected chi connectivity index (χ3v) is 5.60. The highest BCUT2D eigenvalue weighted by Gasteiger charge is 2.31. The van der Waals surface area contributed by atoms with Gasteiger partial charge in [-0.2, -0.15) is 0 Å². The molecule has 0 spiro atoms. The summed E-state index contributed by atoms with van der Waals surface area (Å²) in [5.41, 5.74) is -0.485. The van der Waals surface area contributed by atoms with E-state index in [4.69, 9.17) is 32.6 Å². The summed E-state index contributed by atoms with van der Waals surface area (Å²) < 4.78 is 24.7. The van der Waals surface area contributed by atoms with Crippen LogP contribution in [-0.4, -0.2) is 61.5 Å². The smallest absolute Gasteiger partial charge is 0.329 e. The summed E-state index contributed by atoms with van der Waals surface area (Å²) in [7, 11) is 4.46.